The number of aromatic nitrogens is 2. The van der Waals surface area contributed by atoms with Gasteiger partial charge in [-0.3, -0.25) is 9.59 Å². The second-order valence-corrected chi connectivity index (χ2v) is 26.4. The molecule has 1 aromatic carbocycles. The van der Waals surface area contributed by atoms with E-state index in [1.54, 1.807) is 12.1 Å². The molecule has 1 saturated heterocycles. The van der Waals surface area contributed by atoms with Gasteiger partial charge in [0.05, 0.1) is 13.2 Å². The third-order valence-electron chi connectivity index (χ3n) is 11.8. The van der Waals surface area contributed by atoms with Crippen molar-refractivity contribution < 1.29 is 81.7 Å². The van der Waals surface area contributed by atoms with Crippen LogP contribution in [0.4, 0.5) is 5.82 Å². The SMILES string of the molecule is CCOC(=C1C2CC3CC(C2)CC1C3)c1cc(O)cc(OCCCNC(=O)CCCC(=O)NCC#Cc2cn(C3CC(O)C(COP(OO)(OOO)(P(=O)=O)P(=O)=O)O3)c(=O)nc2N)c1. The van der Waals surface area contributed by atoms with Crippen molar-refractivity contribution in [3.05, 3.63) is 51.6 Å². The Balaban J connectivity index is 0.909. The van der Waals surface area contributed by atoms with Crippen LogP contribution in [0.5, 0.6) is 11.5 Å². The van der Waals surface area contributed by atoms with Gasteiger partial charge in [-0.05, 0) is 93.2 Å². The van der Waals surface area contributed by atoms with Crippen molar-refractivity contribution in [3.63, 3.8) is 0 Å². The molecule has 65 heavy (non-hydrogen) atoms. The monoisotopic (exact) mass is 971 g/mol. The molecule has 5 aliphatic rings. The number of nitrogens with zero attached hydrogens (tertiary/aromatic N) is 2. The van der Waals surface area contributed by atoms with Crippen molar-refractivity contribution in [1.82, 2.24) is 20.2 Å². The van der Waals surface area contributed by atoms with Crippen LogP contribution in [0.2, 0.25) is 0 Å². The van der Waals surface area contributed by atoms with Gasteiger partial charge in [0.1, 0.15) is 17.3 Å². The number of carbonyl (C=O) groups excluding carboxylic acids is 2. The molecule has 2 aromatic rings. The van der Waals surface area contributed by atoms with Crippen molar-refractivity contribution in [1.29, 1.82) is 0 Å². The van der Waals surface area contributed by atoms with Crippen LogP contribution < -0.4 is 26.8 Å². The normalized spacial score (nSPS) is 23.7. The van der Waals surface area contributed by atoms with E-state index < -0.39 is 52.1 Å². The molecule has 4 bridgehead atoms. The van der Waals surface area contributed by atoms with Gasteiger partial charge in [0.15, 0.2) is 0 Å². The van der Waals surface area contributed by atoms with Gasteiger partial charge in [0.2, 0.25) is 11.8 Å². The molecule has 0 radical (unpaired) electrons. The topological polar surface area (TPSA) is 333 Å². The molecule has 4 aliphatic carbocycles. The number of phenolic OH excluding ortho intramolecular Hbond substituents is 1. The van der Waals surface area contributed by atoms with Crippen molar-refractivity contribution in [3.8, 4) is 23.3 Å². The maximum atomic E-state index is 12.7. The van der Waals surface area contributed by atoms with E-state index in [-0.39, 0.29) is 61.2 Å². The Hall–Kier alpha value is -4.55. The summed E-state index contributed by atoms with van der Waals surface area (Å²) >= 11 is 0. The average Bonchev–Trinajstić information content (AvgIpc) is 3.62. The second-order valence-electron chi connectivity index (χ2n) is 16.2. The number of hydrogen-bond acceptors (Lipinski definition) is 20. The largest absolute Gasteiger partial charge is 0.00871 e. The Bertz CT molecular complexity index is 2330. The van der Waals surface area contributed by atoms with Crippen LogP contribution in [0, 0.1) is 35.5 Å². The van der Waals surface area contributed by atoms with Crippen LogP contribution in [0.1, 0.15) is 88.5 Å². The number of anilines is 1. The minimum atomic E-state index is -6.64. The van der Waals surface area contributed by atoms with Crippen molar-refractivity contribution in [2.75, 3.05) is 38.6 Å². The molecule has 1 aliphatic heterocycles. The number of benzene rings is 1. The summed E-state index contributed by atoms with van der Waals surface area (Å²) in [7, 11) is -8.93. The third kappa shape index (κ3) is 11.4. The first-order valence-corrected chi connectivity index (χ1v) is 26.7. The van der Waals surface area contributed by atoms with E-state index in [9.17, 15) is 48.1 Å². The van der Waals surface area contributed by atoms with Crippen LogP contribution in [0.15, 0.2) is 34.8 Å². The number of carbonyl (C=O) groups is 2. The van der Waals surface area contributed by atoms with Crippen LogP contribution in [-0.2, 0) is 56.2 Å². The number of aromatic hydroxyl groups is 1. The van der Waals surface area contributed by atoms with E-state index in [2.05, 4.69) is 41.8 Å². The molecular weight excluding hydrogens is 919 g/mol. The maximum absolute atomic E-state index is 12.7. The zero-order chi connectivity index (χ0) is 46.9. The fraction of sp³-hybridized carbons (Fsp3) is 0.590. The molecule has 23 nitrogen and oxygen atoms in total. The molecule has 4 saturated carbocycles. The smallest absolute Gasteiger partial charge is 0.00871 e. The van der Waals surface area contributed by atoms with Gasteiger partial charge in [0, 0.05) is 31.0 Å². The van der Waals surface area contributed by atoms with Crippen LogP contribution in [0.25, 0.3) is 5.76 Å². The predicted octanol–water partition coefficient (Wildman–Crippen LogP) is 5.01. The number of rotatable bonds is 22. The first-order valence-electron chi connectivity index (χ1n) is 21.0. The van der Waals surface area contributed by atoms with Gasteiger partial charge >= 0.3 is 177 Å². The zero-order valence-corrected chi connectivity index (χ0v) is 38.0. The van der Waals surface area contributed by atoms with E-state index >= 15 is 0 Å². The molecule has 26 heteroatoms. The van der Waals surface area contributed by atoms with Gasteiger partial charge in [-0.1, -0.05) is 0 Å². The van der Waals surface area contributed by atoms with Crippen LogP contribution >= 0.6 is 21.4 Å². The Morgan fingerprint density at radius 1 is 0.985 bits per heavy atom. The van der Waals surface area contributed by atoms with E-state index in [4.69, 9.17) is 29.7 Å². The summed E-state index contributed by atoms with van der Waals surface area (Å²) in [6.07, 6.45) is 3.53. The number of aliphatic hydroxyl groups is 1. The molecule has 8 N–H and O–H groups in total. The Morgan fingerprint density at radius 3 is 2.29 bits per heavy atom. The molecule has 5 fully saturated rings. The predicted molar refractivity (Wildman–Crippen MR) is 226 cm³/mol. The minimum Gasteiger partial charge on any atom is -0.00871 e. The Morgan fingerprint density at radius 2 is 1.66 bits per heavy atom. The summed E-state index contributed by atoms with van der Waals surface area (Å²) in [5.74, 6) is 8.60. The van der Waals surface area contributed by atoms with Gasteiger partial charge in [-0.25, -0.2) is 0 Å². The van der Waals surface area contributed by atoms with Gasteiger partial charge in [-0.15, -0.1) is 0 Å². The van der Waals surface area contributed by atoms with E-state index in [1.165, 1.54) is 37.7 Å². The standard InChI is InChI=1S/C39H52N5O18P3/c1-2-56-37(36-26-13-23-12-24(15-26)16-27(36)14-23)28-17-29(45)19-30(18-28)57-11-5-10-42-34(48)8-3-7-33(47)41-9-4-6-25-21-44(39(49)43-38(25)40)35-20-31(46)32(59-35)22-58-65(61-51,62-60-50,63(52)53)64(54)55/h17-19,21,23-24,26-27,31-32,35,45-46,50-51H,2-3,5,7-16,20,22H2,1H3,(H,41,47)(H,42,48)(H2,40,43,49). The number of hydrogen-bond donors (Lipinski definition) is 7. The maximum Gasteiger partial charge on any atom is -0.00871 e. The summed E-state index contributed by atoms with van der Waals surface area (Å²) < 4.78 is 78.3. The summed E-state index contributed by atoms with van der Waals surface area (Å²) in [5, 5.41) is 47.5. The Kier molecular flexibility index (Phi) is 16.8. The number of aliphatic hydroxyl groups excluding tert-OH is 1. The molecule has 7 rings (SSSR count). The molecule has 2 amide bonds. The first-order chi connectivity index (χ1) is 31.1. The molecule has 1 aromatic heterocycles. The van der Waals surface area contributed by atoms with Gasteiger partial charge in [0.25, 0.3) is 0 Å². The number of ether oxygens (including phenoxy) is 3. The summed E-state index contributed by atoms with van der Waals surface area (Å²) in [6.45, 7) is -4.77. The van der Waals surface area contributed by atoms with Crippen molar-refractivity contribution in [2.24, 2.45) is 23.7 Å². The fourth-order valence-corrected chi connectivity index (χ4v) is 13.5. The molecule has 3 atom stereocenters. The van der Waals surface area contributed by atoms with Gasteiger partial charge in [-0.2, -0.15) is 0 Å². The minimum absolute atomic E-state index is 0.0186. The number of amides is 2. The number of phenols is 1. The second kappa shape index (κ2) is 21.8. The molecule has 2 heterocycles. The van der Waals surface area contributed by atoms with Crippen LogP contribution in [0.3, 0.4) is 0 Å². The Labute approximate surface area is 372 Å². The van der Waals surface area contributed by atoms with Crippen molar-refractivity contribution >= 4 is 44.8 Å². The third-order valence-corrected chi connectivity index (χ3v) is 21.6. The van der Waals surface area contributed by atoms with Crippen LogP contribution in [-0.4, -0.2) is 87.2 Å². The zero-order valence-electron chi connectivity index (χ0n) is 35.3. The quantitative estimate of drug-likeness (QED) is 0.0204. The summed E-state index contributed by atoms with van der Waals surface area (Å²) in [4.78, 5) is 41.2. The number of nitrogens with one attached hydrogen (secondary N) is 2. The van der Waals surface area contributed by atoms with E-state index in [1.807, 2.05) is 13.0 Å². The van der Waals surface area contributed by atoms with E-state index in [0.29, 0.717) is 43.8 Å². The molecular formula is C39H52N5O18P3. The fourth-order valence-electron chi connectivity index (χ4n) is 9.10. The number of nitrogens with two attached hydrogens (primary N) is 1. The molecule has 3 unspecified atom stereocenters. The number of allylic oxidation sites excluding steroid dienone is 1. The summed E-state index contributed by atoms with van der Waals surface area (Å²) in [5.41, 5.74) is 7.15. The van der Waals surface area contributed by atoms with Crippen molar-refractivity contribution in [2.45, 2.75) is 89.6 Å². The first kappa shape index (κ1) is 49.9. The van der Waals surface area contributed by atoms with E-state index in [0.717, 1.165) is 33.9 Å². The van der Waals surface area contributed by atoms with Gasteiger partial charge < -0.3 is 19.9 Å². The average molecular weight is 972 g/mol. The molecule has 356 valence electrons. The number of nitrogen functional groups attached to an aromatic ring is 1. The summed E-state index contributed by atoms with van der Waals surface area (Å²) in [6, 6.07) is 5.20. The molecule has 0 spiro atoms.